The summed E-state index contributed by atoms with van der Waals surface area (Å²) in [6.07, 6.45) is 4.20. The lowest BCUT2D eigenvalue weighted by Crippen LogP contribution is -2.23. The predicted molar refractivity (Wildman–Crippen MR) is 125 cm³/mol. The highest BCUT2D eigenvalue weighted by atomic mass is 32.2. The minimum absolute atomic E-state index is 0.0245. The van der Waals surface area contributed by atoms with Crippen LogP contribution in [0.2, 0.25) is 0 Å². The van der Waals surface area contributed by atoms with Crippen LogP contribution in [-0.2, 0) is 37.1 Å². The van der Waals surface area contributed by atoms with Gasteiger partial charge >= 0.3 is 11.9 Å². The van der Waals surface area contributed by atoms with Crippen LogP contribution in [0.15, 0.2) is 24.3 Å². The molecule has 0 fully saturated rings. The van der Waals surface area contributed by atoms with Crippen molar-refractivity contribution in [2.75, 3.05) is 22.9 Å². The van der Waals surface area contributed by atoms with Crippen molar-refractivity contribution in [3.05, 3.63) is 45.8 Å². The fourth-order valence-corrected chi connectivity index (χ4v) is 5.34. The van der Waals surface area contributed by atoms with E-state index in [0.717, 1.165) is 42.4 Å². The molecular formula is C22H26N2O7S2. The Labute approximate surface area is 196 Å². The summed E-state index contributed by atoms with van der Waals surface area (Å²) in [5, 5.41) is 3.05. The maximum atomic E-state index is 12.7. The number of fused-ring (bicyclic) bond motifs is 1. The second-order valence-electron chi connectivity index (χ2n) is 7.91. The molecule has 0 aliphatic heterocycles. The Hall–Kier alpha value is -2.92. The number of sulfonamides is 1. The third-order valence-corrected chi connectivity index (χ3v) is 6.55. The summed E-state index contributed by atoms with van der Waals surface area (Å²) < 4.78 is 35.7. The van der Waals surface area contributed by atoms with E-state index in [9.17, 15) is 22.8 Å². The average molecular weight is 495 g/mol. The van der Waals surface area contributed by atoms with Crippen LogP contribution >= 0.6 is 11.3 Å². The van der Waals surface area contributed by atoms with Gasteiger partial charge in [0, 0.05) is 4.88 Å². The van der Waals surface area contributed by atoms with E-state index < -0.39 is 34.5 Å². The molecule has 9 nitrogen and oxygen atoms in total. The van der Waals surface area contributed by atoms with Gasteiger partial charge in [-0.15, -0.1) is 11.3 Å². The number of anilines is 2. The molecule has 11 heteroatoms. The van der Waals surface area contributed by atoms with E-state index in [2.05, 4.69) is 10.0 Å². The largest absolute Gasteiger partial charge is 0.459 e. The Balaban J connectivity index is 1.71. The topological polar surface area (TPSA) is 128 Å². The molecule has 1 aliphatic carbocycles. The van der Waals surface area contributed by atoms with Crippen LogP contribution in [0, 0.1) is 0 Å². The number of benzene rings is 1. The summed E-state index contributed by atoms with van der Waals surface area (Å²) in [5.41, 5.74) is 1.30. The molecule has 1 aromatic heterocycles. The van der Waals surface area contributed by atoms with Crippen molar-refractivity contribution in [3.8, 4) is 0 Å². The Kier molecular flexibility index (Phi) is 7.75. The lowest BCUT2D eigenvalue weighted by atomic mass is 9.95. The van der Waals surface area contributed by atoms with Gasteiger partial charge in [-0.25, -0.2) is 18.0 Å². The molecule has 1 heterocycles. The van der Waals surface area contributed by atoms with Gasteiger partial charge in [0.15, 0.2) is 6.61 Å². The molecule has 2 N–H and O–H groups in total. The molecule has 0 saturated carbocycles. The van der Waals surface area contributed by atoms with E-state index in [0.29, 0.717) is 10.6 Å². The lowest BCUT2D eigenvalue weighted by Gasteiger charge is -2.14. The van der Waals surface area contributed by atoms with Crippen LogP contribution in [0.5, 0.6) is 0 Å². The number of nitrogens with one attached hydrogen (secondary N) is 2. The highest BCUT2D eigenvalue weighted by Crippen LogP contribution is 2.38. The number of carbonyl (C=O) groups is 3. The molecule has 0 atom stereocenters. The van der Waals surface area contributed by atoms with Gasteiger partial charge in [-0.2, -0.15) is 0 Å². The molecule has 33 heavy (non-hydrogen) atoms. The van der Waals surface area contributed by atoms with Crippen molar-refractivity contribution in [3.63, 3.8) is 0 Å². The zero-order chi connectivity index (χ0) is 24.2. The summed E-state index contributed by atoms with van der Waals surface area (Å²) in [6, 6.07) is 5.92. The number of para-hydroxylation sites is 1. The van der Waals surface area contributed by atoms with Crippen molar-refractivity contribution >= 4 is 49.9 Å². The van der Waals surface area contributed by atoms with E-state index >= 15 is 0 Å². The molecule has 0 spiro atoms. The maximum Gasteiger partial charge on any atom is 0.341 e. The van der Waals surface area contributed by atoms with Gasteiger partial charge in [0.2, 0.25) is 10.0 Å². The van der Waals surface area contributed by atoms with Crippen molar-refractivity contribution < 1.29 is 32.3 Å². The minimum Gasteiger partial charge on any atom is -0.459 e. The van der Waals surface area contributed by atoms with Gasteiger partial charge in [-0.05, 0) is 57.2 Å². The summed E-state index contributed by atoms with van der Waals surface area (Å²) in [7, 11) is -3.61. The number of ether oxygens (including phenoxy) is 2. The molecule has 1 aromatic carbocycles. The Morgan fingerprint density at radius 1 is 1.09 bits per heavy atom. The zero-order valence-electron chi connectivity index (χ0n) is 18.6. The first-order chi connectivity index (χ1) is 15.5. The number of aryl methyl sites for hydroxylation is 1. The zero-order valence-corrected chi connectivity index (χ0v) is 20.2. The van der Waals surface area contributed by atoms with Gasteiger partial charge in [0.1, 0.15) is 5.00 Å². The standard InChI is InChI=1S/C22H26N2O7S2/c1-13(2)31-22(27)19-15-9-5-7-11-17(15)32-20(19)23-18(25)12-30-21(26)14-8-4-6-10-16(14)24-33(3,28)29/h4,6,8,10,13,24H,5,7,9,11-12H2,1-3H3,(H,23,25). The van der Waals surface area contributed by atoms with Crippen LogP contribution in [0.3, 0.4) is 0 Å². The lowest BCUT2D eigenvalue weighted by molar-refractivity contribution is -0.119. The fourth-order valence-electron chi connectivity index (χ4n) is 3.46. The van der Waals surface area contributed by atoms with Crippen molar-refractivity contribution in [1.82, 2.24) is 0 Å². The SMILES string of the molecule is CC(C)OC(=O)c1c(NC(=O)COC(=O)c2ccccc2NS(C)(=O)=O)sc2c1CCCC2. The first-order valence-electron chi connectivity index (χ1n) is 10.4. The van der Waals surface area contributed by atoms with Crippen molar-refractivity contribution in [2.24, 2.45) is 0 Å². The molecular weight excluding hydrogens is 468 g/mol. The number of hydrogen-bond acceptors (Lipinski definition) is 8. The van der Waals surface area contributed by atoms with Crippen LogP contribution < -0.4 is 10.0 Å². The van der Waals surface area contributed by atoms with Crippen molar-refractivity contribution in [1.29, 1.82) is 0 Å². The Bertz CT molecular complexity index is 1170. The fraction of sp³-hybridized carbons (Fsp3) is 0.409. The monoisotopic (exact) mass is 494 g/mol. The maximum absolute atomic E-state index is 12.7. The van der Waals surface area contributed by atoms with E-state index in [1.807, 2.05) is 0 Å². The summed E-state index contributed by atoms with van der Waals surface area (Å²) >= 11 is 1.34. The third kappa shape index (κ3) is 6.55. The molecule has 1 aliphatic rings. The number of rotatable bonds is 8. The van der Waals surface area contributed by atoms with E-state index in [1.165, 1.54) is 23.5 Å². The van der Waals surface area contributed by atoms with Gasteiger partial charge in [0.25, 0.3) is 5.91 Å². The Morgan fingerprint density at radius 3 is 2.48 bits per heavy atom. The van der Waals surface area contributed by atoms with Gasteiger partial charge < -0.3 is 14.8 Å². The van der Waals surface area contributed by atoms with Crippen molar-refractivity contribution in [2.45, 2.75) is 45.6 Å². The van der Waals surface area contributed by atoms with E-state index in [1.54, 1.807) is 26.0 Å². The van der Waals surface area contributed by atoms with E-state index in [-0.39, 0.29) is 17.4 Å². The number of thiophene rings is 1. The second kappa shape index (κ2) is 10.3. The van der Waals surface area contributed by atoms with E-state index in [4.69, 9.17) is 9.47 Å². The number of esters is 2. The molecule has 0 unspecified atom stereocenters. The molecule has 3 rings (SSSR count). The van der Waals surface area contributed by atoms with Gasteiger partial charge in [-0.3, -0.25) is 9.52 Å². The smallest absolute Gasteiger partial charge is 0.341 e. The molecule has 1 amide bonds. The molecule has 0 bridgehead atoms. The highest BCUT2D eigenvalue weighted by Gasteiger charge is 2.28. The van der Waals surface area contributed by atoms with Crippen LogP contribution in [0.25, 0.3) is 0 Å². The summed E-state index contributed by atoms with van der Waals surface area (Å²) in [6.45, 7) is 2.91. The summed E-state index contributed by atoms with van der Waals surface area (Å²) in [4.78, 5) is 38.7. The van der Waals surface area contributed by atoms with Gasteiger partial charge in [-0.1, -0.05) is 12.1 Å². The molecule has 0 radical (unpaired) electrons. The number of hydrogen-bond donors (Lipinski definition) is 2. The number of amides is 1. The summed E-state index contributed by atoms with van der Waals surface area (Å²) in [5.74, 6) is -1.96. The van der Waals surface area contributed by atoms with Crippen LogP contribution in [0.4, 0.5) is 10.7 Å². The van der Waals surface area contributed by atoms with Gasteiger partial charge in [0.05, 0.1) is 29.2 Å². The quantitative estimate of drug-likeness (QED) is 0.539. The highest BCUT2D eigenvalue weighted by molar-refractivity contribution is 7.92. The Morgan fingerprint density at radius 2 is 1.79 bits per heavy atom. The first-order valence-corrected chi connectivity index (χ1v) is 13.1. The van der Waals surface area contributed by atoms with Crippen LogP contribution in [-0.4, -0.2) is 45.2 Å². The average Bonchev–Trinajstić information content (AvgIpc) is 3.08. The molecule has 0 saturated heterocycles. The number of carbonyl (C=O) groups excluding carboxylic acids is 3. The second-order valence-corrected chi connectivity index (χ2v) is 10.8. The predicted octanol–water partition coefficient (Wildman–Crippen LogP) is 3.36. The third-order valence-electron chi connectivity index (χ3n) is 4.75. The molecule has 178 valence electrons. The molecule has 2 aromatic rings. The first kappa shape index (κ1) is 24.7. The van der Waals surface area contributed by atoms with Crippen LogP contribution in [0.1, 0.15) is 57.8 Å². The minimum atomic E-state index is -3.61. The normalized spacial score (nSPS) is 13.2.